The minimum absolute atomic E-state index is 0.0804. The lowest BCUT2D eigenvalue weighted by Gasteiger charge is -2.09. The van der Waals surface area contributed by atoms with E-state index in [1.807, 2.05) is 6.07 Å². The van der Waals surface area contributed by atoms with Gasteiger partial charge in [0.25, 0.3) is 5.69 Å². The Balaban J connectivity index is 2.17. The van der Waals surface area contributed by atoms with Gasteiger partial charge in [-0.25, -0.2) is 0 Å². The number of nitro groups is 1. The van der Waals surface area contributed by atoms with Crippen LogP contribution in [0.2, 0.25) is 0 Å². The lowest BCUT2D eigenvalue weighted by molar-refractivity contribution is -0.385. The molecule has 0 aliphatic heterocycles. The van der Waals surface area contributed by atoms with E-state index >= 15 is 0 Å². The summed E-state index contributed by atoms with van der Waals surface area (Å²) in [7, 11) is 0. The fraction of sp³-hybridized carbons (Fsp3) is 0.133. The van der Waals surface area contributed by atoms with Gasteiger partial charge in [-0.2, -0.15) is 5.26 Å². The van der Waals surface area contributed by atoms with Crippen LogP contribution in [0.25, 0.3) is 0 Å². The molecular weight excluding hydrogens is 256 g/mol. The highest BCUT2D eigenvalue weighted by Gasteiger charge is 2.13. The molecule has 2 rings (SSSR count). The van der Waals surface area contributed by atoms with Gasteiger partial charge in [-0.05, 0) is 30.7 Å². The summed E-state index contributed by atoms with van der Waals surface area (Å²) in [6.07, 6.45) is 0. The van der Waals surface area contributed by atoms with Crippen LogP contribution in [-0.2, 0) is 6.61 Å². The molecule has 20 heavy (non-hydrogen) atoms. The second kappa shape index (κ2) is 5.85. The zero-order chi connectivity index (χ0) is 14.5. The summed E-state index contributed by atoms with van der Waals surface area (Å²) in [5, 5.41) is 19.7. The largest absolute Gasteiger partial charge is 0.489 e. The van der Waals surface area contributed by atoms with Gasteiger partial charge in [0.2, 0.25) is 0 Å². The topological polar surface area (TPSA) is 76.2 Å². The first-order chi connectivity index (χ1) is 9.61. The van der Waals surface area contributed by atoms with Gasteiger partial charge in [-0.1, -0.05) is 18.2 Å². The fourth-order valence-corrected chi connectivity index (χ4v) is 1.84. The summed E-state index contributed by atoms with van der Waals surface area (Å²) in [6.45, 7) is 1.92. The van der Waals surface area contributed by atoms with Gasteiger partial charge in [0, 0.05) is 11.6 Å². The third-order valence-electron chi connectivity index (χ3n) is 2.97. The predicted octanol–water partition coefficient (Wildman–Crippen LogP) is 3.35. The molecule has 0 saturated heterocycles. The van der Waals surface area contributed by atoms with Crippen LogP contribution in [-0.4, -0.2) is 4.92 Å². The lowest BCUT2D eigenvalue weighted by Crippen LogP contribution is -2.01. The van der Waals surface area contributed by atoms with Crippen LogP contribution >= 0.6 is 0 Å². The Labute approximate surface area is 116 Å². The SMILES string of the molecule is Cc1c(COc2cccc(C#N)c2)cccc1[N+](=O)[O-]. The number of nitro benzene ring substituents is 1. The Bertz CT molecular complexity index is 690. The maximum atomic E-state index is 10.9. The van der Waals surface area contributed by atoms with E-state index in [4.69, 9.17) is 10.00 Å². The van der Waals surface area contributed by atoms with Crippen LogP contribution in [0.15, 0.2) is 42.5 Å². The van der Waals surface area contributed by atoms with Crippen LogP contribution in [0.5, 0.6) is 5.75 Å². The Morgan fingerprint density at radius 3 is 2.75 bits per heavy atom. The number of hydrogen-bond acceptors (Lipinski definition) is 4. The van der Waals surface area contributed by atoms with Crippen LogP contribution in [0.4, 0.5) is 5.69 Å². The average Bonchev–Trinajstić information content (AvgIpc) is 2.46. The molecule has 0 aliphatic rings. The molecule has 0 aliphatic carbocycles. The maximum absolute atomic E-state index is 10.9. The molecule has 0 unspecified atom stereocenters. The van der Waals surface area contributed by atoms with Gasteiger partial charge < -0.3 is 4.74 Å². The average molecular weight is 268 g/mol. The Morgan fingerprint density at radius 1 is 1.30 bits per heavy atom. The minimum atomic E-state index is -0.408. The molecule has 5 nitrogen and oxygen atoms in total. The van der Waals surface area contributed by atoms with E-state index in [1.54, 1.807) is 43.3 Å². The number of nitrogens with zero attached hydrogens (tertiary/aromatic N) is 2. The molecule has 0 aromatic heterocycles. The van der Waals surface area contributed by atoms with E-state index in [2.05, 4.69) is 0 Å². The van der Waals surface area contributed by atoms with Crippen molar-refractivity contribution in [2.75, 3.05) is 0 Å². The maximum Gasteiger partial charge on any atom is 0.272 e. The molecule has 0 spiro atoms. The summed E-state index contributed by atoms with van der Waals surface area (Å²) in [4.78, 5) is 10.5. The fourth-order valence-electron chi connectivity index (χ4n) is 1.84. The van der Waals surface area contributed by atoms with Gasteiger partial charge in [-0.3, -0.25) is 10.1 Å². The zero-order valence-electron chi connectivity index (χ0n) is 10.9. The number of hydrogen-bond donors (Lipinski definition) is 0. The Kier molecular flexibility index (Phi) is 3.96. The minimum Gasteiger partial charge on any atom is -0.489 e. The normalized spacial score (nSPS) is 9.80. The smallest absolute Gasteiger partial charge is 0.272 e. The second-order valence-corrected chi connectivity index (χ2v) is 4.25. The van der Waals surface area contributed by atoms with Gasteiger partial charge >= 0.3 is 0 Å². The molecule has 0 N–H and O–H groups in total. The van der Waals surface area contributed by atoms with E-state index in [9.17, 15) is 10.1 Å². The number of benzene rings is 2. The lowest BCUT2D eigenvalue weighted by atomic mass is 10.1. The van der Waals surface area contributed by atoms with E-state index in [0.29, 0.717) is 16.9 Å². The van der Waals surface area contributed by atoms with Gasteiger partial charge in [-0.15, -0.1) is 0 Å². The first-order valence-corrected chi connectivity index (χ1v) is 5.97. The third kappa shape index (κ3) is 2.93. The van der Waals surface area contributed by atoms with Crippen molar-refractivity contribution in [2.45, 2.75) is 13.5 Å². The Morgan fingerprint density at radius 2 is 2.05 bits per heavy atom. The molecule has 2 aromatic rings. The van der Waals surface area contributed by atoms with Crippen molar-refractivity contribution in [1.82, 2.24) is 0 Å². The zero-order valence-corrected chi connectivity index (χ0v) is 10.9. The molecule has 0 fully saturated rings. The third-order valence-corrected chi connectivity index (χ3v) is 2.97. The number of nitriles is 1. The Hall–Kier alpha value is -2.87. The molecule has 0 amide bonds. The summed E-state index contributed by atoms with van der Waals surface area (Å²) in [5.74, 6) is 0.565. The molecule has 0 saturated carbocycles. The van der Waals surface area contributed by atoms with E-state index in [0.717, 1.165) is 5.56 Å². The van der Waals surface area contributed by atoms with Crippen molar-refractivity contribution in [1.29, 1.82) is 5.26 Å². The number of ether oxygens (including phenoxy) is 1. The number of rotatable bonds is 4. The molecule has 0 atom stereocenters. The van der Waals surface area contributed by atoms with Crippen molar-refractivity contribution in [3.8, 4) is 11.8 Å². The van der Waals surface area contributed by atoms with E-state index in [-0.39, 0.29) is 12.3 Å². The molecule has 100 valence electrons. The highest BCUT2D eigenvalue weighted by molar-refractivity contribution is 5.44. The molecular formula is C15H12N2O3. The van der Waals surface area contributed by atoms with Gasteiger partial charge in [0.15, 0.2) is 0 Å². The van der Waals surface area contributed by atoms with Crippen LogP contribution in [0.3, 0.4) is 0 Å². The highest BCUT2D eigenvalue weighted by atomic mass is 16.6. The van der Waals surface area contributed by atoms with Crippen molar-refractivity contribution < 1.29 is 9.66 Å². The highest BCUT2D eigenvalue weighted by Crippen LogP contribution is 2.22. The summed E-state index contributed by atoms with van der Waals surface area (Å²) in [6, 6.07) is 13.7. The van der Waals surface area contributed by atoms with E-state index < -0.39 is 4.92 Å². The predicted molar refractivity (Wildman–Crippen MR) is 73.3 cm³/mol. The second-order valence-electron chi connectivity index (χ2n) is 4.25. The summed E-state index contributed by atoms with van der Waals surface area (Å²) in [5.41, 5.74) is 1.94. The van der Waals surface area contributed by atoms with Crippen molar-refractivity contribution >= 4 is 5.69 Å². The first kappa shape index (κ1) is 13.6. The first-order valence-electron chi connectivity index (χ1n) is 5.97. The molecule has 2 aromatic carbocycles. The summed E-state index contributed by atoms with van der Waals surface area (Å²) >= 11 is 0. The van der Waals surface area contributed by atoms with Crippen molar-refractivity contribution in [3.05, 3.63) is 69.3 Å². The summed E-state index contributed by atoms with van der Waals surface area (Å²) < 4.78 is 5.58. The van der Waals surface area contributed by atoms with Crippen LogP contribution < -0.4 is 4.74 Å². The molecule has 0 bridgehead atoms. The molecule has 5 heteroatoms. The van der Waals surface area contributed by atoms with Crippen molar-refractivity contribution in [3.63, 3.8) is 0 Å². The standard InChI is InChI=1S/C15H12N2O3/c1-11-13(5-3-7-15(11)17(18)19)10-20-14-6-2-4-12(8-14)9-16/h2-8H,10H2,1H3. The van der Waals surface area contributed by atoms with Gasteiger partial charge in [0.05, 0.1) is 16.6 Å². The molecule has 0 heterocycles. The van der Waals surface area contributed by atoms with Gasteiger partial charge in [0.1, 0.15) is 12.4 Å². The van der Waals surface area contributed by atoms with E-state index in [1.165, 1.54) is 6.07 Å². The van der Waals surface area contributed by atoms with Crippen molar-refractivity contribution in [2.24, 2.45) is 0 Å². The molecule has 0 radical (unpaired) electrons. The monoisotopic (exact) mass is 268 g/mol. The quantitative estimate of drug-likeness (QED) is 0.629. The van der Waals surface area contributed by atoms with Crippen LogP contribution in [0, 0.1) is 28.4 Å². The van der Waals surface area contributed by atoms with Crippen LogP contribution in [0.1, 0.15) is 16.7 Å².